The molecule has 1 saturated carbocycles. The minimum atomic E-state index is -0.749. The van der Waals surface area contributed by atoms with E-state index in [1.54, 1.807) is 0 Å². The Hall–Kier alpha value is -1.57. The number of hydrogen-bond acceptors (Lipinski definition) is 6. The smallest absolute Gasteiger partial charge is 0.413 e. The van der Waals surface area contributed by atoms with Crippen LogP contribution in [0.3, 0.4) is 0 Å². The third kappa shape index (κ3) is 3.46. The summed E-state index contributed by atoms with van der Waals surface area (Å²) < 4.78 is 6.37. The van der Waals surface area contributed by atoms with Gasteiger partial charge in [0.25, 0.3) is 0 Å². The van der Waals surface area contributed by atoms with Crippen molar-refractivity contribution in [3.8, 4) is 0 Å². The molecule has 2 rings (SSSR count). The highest BCUT2D eigenvalue weighted by Crippen LogP contribution is 2.39. The Kier molecular flexibility index (Phi) is 4.41. The highest BCUT2D eigenvalue weighted by molar-refractivity contribution is 7.99. The van der Waals surface area contributed by atoms with Gasteiger partial charge in [-0.15, -0.1) is 10.2 Å². The van der Waals surface area contributed by atoms with E-state index in [2.05, 4.69) is 20.3 Å². The van der Waals surface area contributed by atoms with E-state index < -0.39 is 12.0 Å². The number of aromatic nitrogens is 3. The lowest BCUT2D eigenvalue weighted by molar-refractivity contribution is -0.117. The summed E-state index contributed by atoms with van der Waals surface area (Å²) in [5, 5.41) is 11.1. The summed E-state index contributed by atoms with van der Waals surface area (Å²) in [7, 11) is 1.21. The highest BCUT2D eigenvalue weighted by Gasteiger charge is 2.30. The van der Waals surface area contributed by atoms with Crippen LogP contribution in [-0.2, 0) is 16.1 Å². The number of thioether (sulfide) groups is 1. The minimum Gasteiger partial charge on any atom is -0.453 e. The zero-order valence-corrected chi connectivity index (χ0v) is 11.7. The van der Waals surface area contributed by atoms with Crippen molar-refractivity contribution in [1.29, 1.82) is 0 Å². The summed E-state index contributed by atoms with van der Waals surface area (Å²) in [6.07, 6.45) is 1.57. The maximum Gasteiger partial charge on any atom is 0.413 e. The number of carbonyl (C=O) groups is 2. The predicted molar refractivity (Wildman–Crippen MR) is 68.9 cm³/mol. The van der Waals surface area contributed by atoms with E-state index in [0.29, 0.717) is 11.1 Å². The van der Waals surface area contributed by atoms with Gasteiger partial charge in [-0.2, -0.15) is 0 Å². The van der Waals surface area contributed by atoms with E-state index in [1.165, 1.54) is 18.9 Å². The maximum atomic E-state index is 11.4. The molecule has 1 heterocycles. The van der Waals surface area contributed by atoms with Gasteiger partial charge in [0.1, 0.15) is 5.82 Å². The molecular formula is C11H16N4O3S. The Morgan fingerprint density at radius 2 is 2.21 bits per heavy atom. The van der Waals surface area contributed by atoms with E-state index >= 15 is 0 Å². The standard InChI is InChI=1S/C11H16N4O3S/c1-3-15-9(7-4-5-7)13-14-10(15)19-6-8(16)12-11(17)18-2/h7H,3-6H2,1-2H3,(H,12,16,17). The number of amides is 2. The largest absolute Gasteiger partial charge is 0.453 e. The van der Waals surface area contributed by atoms with Crippen LogP contribution in [0.1, 0.15) is 31.5 Å². The molecule has 0 radical (unpaired) electrons. The van der Waals surface area contributed by atoms with Gasteiger partial charge in [0, 0.05) is 12.5 Å². The summed E-state index contributed by atoms with van der Waals surface area (Å²) in [6.45, 7) is 2.80. The van der Waals surface area contributed by atoms with Gasteiger partial charge < -0.3 is 9.30 Å². The van der Waals surface area contributed by atoms with E-state index in [0.717, 1.165) is 25.2 Å². The molecule has 104 valence electrons. The van der Waals surface area contributed by atoms with Crippen molar-refractivity contribution < 1.29 is 14.3 Å². The molecule has 7 nitrogen and oxygen atoms in total. The van der Waals surface area contributed by atoms with Crippen molar-refractivity contribution in [2.24, 2.45) is 0 Å². The average molecular weight is 284 g/mol. The van der Waals surface area contributed by atoms with Crippen molar-refractivity contribution >= 4 is 23.8 Å². The number of alkyl carbamates (subject to hydrolysis) is 1. The molecule has 1 aromatic heterocycles. The number of nitrogens with zero attached hydrogens (tertiary/aromatic N) is 3. The van der Waals surface area contributed by atoms with Gasteiger partial charge in [0.05, 0.1) is 12.9 Å². The Morgan fingerprint density at radius 3 is 2.79 bits per heavy atom. The first-order chi connectivity index (χ1) is 9.15. The molecule has 0 aromatic carbocycles. The van der Waals surface area contributed by atoms with Crippen molar-refractivity contribution in [3.05, 3.63) is 5.82 Å². The Labute approximate surface area is 115 Å². The van der Waals surface area contributed by atoms with Crippen LogP contribution >= 0.6 is 11.8 Å². The first-order valence-corrected chi connectivity index (χ1v) is 7.08. The fourth-order valence-electron chi connectivity index (χ4n) is 1.68. The molecule has 1 aromatic rings. The van der Waals surface area contributed by atoms with E-state index in [4.69, 9.17) is 0 Å². The van der Waals surface area contributed by atoms with Crippen LogP contribution in [-0.4, -0.2) is 39.6 Å². The molecule has 0 bridgehead atoms. The van der Waals surface area contributed by atoms with Crippen LogP contribution in [0.4, 0.5) is 4.79 Å². The zero-order valence-electron chi connectivity index (χ0n) is 10.9. The van der Waals surface area contributed by atoms with Crippen LogP contribution in [0.2, 0.25) is 0 Å². The monoisotopic (exact) mass is 284 g/mol. The van der Waals surface area contributed by atoms with Gasteiger partial charge >= 0.3 is 6.09 Å². The molecule has 2 amide bonds. The van der Waals surface area contributed by atoms with Crippen LogP contribution in [0.25, 0.3) is 0 Å². The Morgan fingerprint density at radius 1 is 1.47 bits per heavy atom. The summed E-state index contributed by atoms with van der Waals surface area (Å²) in [5.74, 6) is 1.22. The average Bonchev–Trinajstić information content (AvgIpc) is 3.16. The lowest BCUT2D eigenvalue weighted by Gasteiger charge is -2.06. The molecule has 0 saturated heterocycles. The number of methoxy groups -OCH3 is 1. The molecule has 19 heavy (non-hydrogen) atoms. The second kappa shape index (κ2) is 6.05. The summed E-state index contributed by atoms with van der Waals surface area (Å²) >= 11 is 1.27. The van der Waals surface area contributed by atoms with Gasteiger partial charge in [-0.1, -0.05) is 11.8 Å². The molecule has 0 aliphatic heterocycles. The number of ether oxygens (including phenoxy) is 1. The minimum absolute atomic E-state index is 0.109. The molecule has 1 fully saturated rings. The summed E-state index contributed by atoms with van der Waals surface area (Å²) in [5.41, 5.74) is 0. The molecule has 0 spiro atoms. The number of hydrogen-bond donors (Lipinski definition) is 1. The van der Waals surface area contributed by atoms with Gasteiger partial charge in [-0.3, -0.25) is 10.1 Å². The van der Waals surface area contributed by atoms with Gasteiger partial charge in [-0.05, 0) is 19.8 Å². The zero-order chi connectivity index (χ0) is 13.8. The Balaban J connectivity index is 1.92. The maximum absolute atomic E-state index is 11.4. The summed E-state index contributed by atoms with van der Waals surface area (Å²) in [6, 6.07) is 0. The molecule has 8 heteroatoms. The van der Waals surface area contributed by atoms with E-state index in [-0.39, 0.29) is 5.75 Å². The lowest BCUT2D eigenvalue weighted by atomic mass is 10.4. The third-order valence-electron chi connectivity index (χ3n) is 2.76. The van der Waals surface area contributed by atoms with Crippen molar-refractivity contribution in [2.75, 3.05) is 12.9 Å². The van der Waals surface area contributed by atoms with Crippen molar-refractivity contribution in [3.63, 3.8) is 0 Å². The number of carbonyl (C=O) groups excluding carboxylic acids is 2. The first-order valence-electron chi connectivity index (χ1n) is 6.09. The van der Waals surface area contributed by atoms with Crippen LogP contribution in [0.5, 0.6) is 0 Å². The number of rotatable bonds is 5. The second-order valence-electron chi connectivity index (χ2n) is 4.19. The molecule has 1 aliphatic carbocycles. The fraction of sp³-hybridized carbons (Fsp3) is 0.636. The van der Waals surface area contributed by atoms with Gasteiger partial charge in [0.2, 0.25) is 5.91 Å². The lowest BCUT2D eigenvalue weighted by Crippen LogP contribution is -2.31. The second-order valence-corrected chi connectivity index (χ2v) is 5.13. The normalized spacial score (nSPS) is 14.2. The Bertz CT molecular complexity index is 484. The topological polar surface area (TPSA) is 86.1 Å². The molecule has 1 N–H and O–H groups in total. The van der Waals surface area contributed by atoms with Crippen LogP contribution in [0.15, 0.2) is 5.16 Å². The SMILES string of the molecule is CCn1c(SCC(=O)NC(=O)OC)nnc1C1CC1. The van der Waals surface area contributed by atoms with Crippen molar-refractivity contribution in [2.45, 2.75) is 37.4 Å². The van der Waals surface area contributed by atoms with Crippen molar-refractivity contribution in [1.82, 2.24) is 20.1 Å². The highest BCUT2D eigenvalue weighted by atomic mass is 32.2. The van der Waals surface area contributed by atoms with Gasteiger partial charge in [-0.25, -0.2) is 4.79 Å². The number of imide groups is 1. The van der Waals surface area contributed by atoms with E-state index in [9.17, 15) is 9.59 Å². The fourth-order valence-corrected chi connectivity index (χ4v) is 2.49. The quantitative estimate of drug-likeness (QED) is 0.816. The predicted octanol–water partition coefficient (Wildman–Crippen LogP) is 1.15. The molecule has 0 unspecified atom stereocenters. The van der Waals surface area contributed by atoms with E-state index in [1.807, 2.05) is 11.5 Å². The van der Waals surface area contributed by atoms with Crippen LogP contribution in [0, 0.1) is 0 Å². The molecule has 0 atom stereocenters. The molecule has 1 aliphatic rings. The first kappa shape index (κ1) is 13.9. The third-order valence-corrected chi connectivity index (χ3v) is 3.73. The summed E-state index contributed by atoms with van der Waals surface area (Å²) in [4.78, 5) is 22.3. The van der Waals surface area contributed by atoms with Gasteiger partial charge in [0.15, 0.2) is 5.16 Å². The number of nitrogens with one attached hydrogen (secondary N) is 1. The molecular weight excluding hydrogens is 268 g/mol. The van der Waals surface area contributed by atoms with Crippen LogP contribution < -0.4 is 5.32 Å².